The van der Waals surface area contributed by atoms with Crippen LogP contribution in [0.25, 0.3) is 22.4 Å². The highest BCUT2D eigenvalue weighted by molar-refractivity contribution is 7.99. The fraction of sp³-hybridized carbons (Fsp3) is 0.105. The van der Waals surface area contributed by atoms with E-state index < -0.39 is 0 Å². The average Bonchev–Trinajstić information content (AvgIpc) is 3.10. The predicted molar refractivity (Wildman–Crippen MR) is 108 cm³/mol. The van der Waals surface area contributed by atoms with Gasteiger partial charge in [-0.3, -0.25) is 9.20 Å². The Labute approximate surface area is 164 Å². The number of ether oxygens (including phenoxy) is 1. The number of rotatable bonds is 5. The molecule has 0 radical (unpaired) electrons. The Balaban J connectivity index is 2.07. The number of para-hydroxylation sites is 1. The summed E-state index contributed by atoms with van der Waals surface area (Å²) < 4.78 is 8.70. The van der Waals surface area contributed by atoms with Gasteiger partial charge in [0.2, 0.25) is 5.78 Å². The minimum atomic E-state index is -0.169. The lowest BCUT2D eigenvalue weighted by Gasteiger charge is -2.12. The molecule has 0 amide bonds. The molecule has 6 nitrogen and oxygen atoms in total. The van der Waals surface area contributed by atoms with Crippen molar-refractivity contribution in [1.82, 2.24) is 19.2 Å². The van der Waals surface area contributed by atoms with Crippen LogP contribution in [0.3, 0.4) is 0 Å². The molecule has 0 saturated carbocycles. The first kappa shape index (κ1) is 17.6. The molecular weight excluding hydrogens is 384 g/mol. The molecule has 2 heterocycles. The van der Waals surface area contributed by atoms with Gasteiger partial charge in [-0.15, -0.1) is 10.2 Å². The molecule has 0 aliphatic heterocycles. The Hall–Kier alpha value is -2.77. The molecule has 27 heavy (non-hydrogen) atoms. The first-order valence-electron chi connectivity index (χ1n) is 8.09. The van der Waals surface area contributed by atoms with Crippen molar-refractivity contribution in [1.29, 1.82) is 0 Å². The third-order valence-electron chi connectivity index (χ3n) is 4.06. The van der Waals surface area contributed by atoms with E-state index in [1.165, 1.54) is 16.3 Å². The molecule has 136 valence electrons. The van der Waals surface area contributed by atoms with Crippen LogP contribution in [0.1, 0.15) is 0 Å². The molecule has 2 aromatic carbocycles. The third-order valence-corrected chi connectivity index (χ3v) is 5.37. The van der Waals surface area contributed by atoms with Crippen LogP contribution in [0.5, 0.6) is 5.75 Å². The van der Waals surface area contributed by atoms with Crippen LogP contribution in [-0.4, -0.2) is 32.0 Å². The van der Waals surface area contributed by atoms with Gasteiger partial charge in [0.15, 0.2) is 5.16 Å². The Bertz CT molecular complexity index is 1230. The van der Waals surface area contributed by atoms with Crippen LogP contribution in [0.2, 0.25) is 0 Å². The molecule has 4 aromatic rings. The number of fused-ring (bicyclic) bond motifs is 3. The number of methoxy groups -OCH3 is 1. The van der Waals surface area contributed by atoms with Crippen LogP contribution in [0.4, 0.5) is 0 Å². The van der Waals surface area contributed by atoms with E-state index in [4.69, 9.17) is 16.3 Å². The van der Waals surface area contributed by atoms with Crippen LogP contribution >= 0.6 is 23.4 Å². The van der Waals surface area contributed by atoms with E-state index in [1.54, 1.807) is 19.2 Å². The summed E-state index contributed by atoms with van der Waals surface area (Å²) in [5.74, 6) is 1.57. The largest absolute Gasteiger partial charge is 0.497 e. The summed E-state index contributed by atoms with van der Waals surface area (Å²) in [7, 11) is 1.59. The van der Waals surface area contributed by atoms with Gasteiger partial charge < -0.3 is 4.74 Å². The zero-order chi connectivity index (χ0) is 19.0. The van der Waals surface area contributed by atoms with Gasteiger partial charge in [-0.2, -0.15) is 0 Å². The number of aromatic nitrogens is 4. The molecule has 0 spiro atoms. The molecule has 0 saturated heterocycles. The maximum atomic E-state index is 13.2. The van der Waals surface area contributed by atoms with Crippen LogP contribution in [-0.2, 0) is 0 Å². The number of benzene rings is 2. The summed E-state index contributed by atoms with van der Waals surface area (Å²) in [5.41, 5.74) is 1.22. The van der Waals surface area contributed by atoms with Crippen molar-refractivity contribution in [3.05, 3.63) is 70.5 Å². The maximum Gasteiger partial charge on any atom is 0.267 e. The molecule has 0 bridgehead atoms. The zero-order valence-electron chi connectivity index (χ0n) is 14.4. The first-order chi connectivity index (χ1) is 13.1. The van der Waals surface area contributed by atoms with E-state index in [2.05, 4.69) is 16.8 Å². The van der Waals surface area contributed by atoms with Gasteiger partial charge in [-0.05, 0) is 24.3 Å². The van der Waals surface area contributed by atoms with E-state index in [1.807, 2.05) is 40.8 Å². The summed E-state index contributed by atoms with van der Waals surface area (Å²) in [6.45, 7) is 3.71. The number of nitrogens with zero attached hydrogens (tertiary/aromatic N) is 4. The van der Waals surface area contributed by atoms with Crippen molar-refractivity contribution < 1.29 is 4.74 Å². The van der Waals surface area contributed by atoms with Crippen LogP contribution in [0, 0.1) is 0 Å². The highest BCUT2D eigenvalue weighted by Gasteiger charge is 2.18. The van der Waals surface area contributed by atoms with Gasteiger partial charge in [-0.25, -0.2) is 4.57 Å². The van der Waals surface area contributed by atoms with E-state index in [0.717, 1.165) is 5.52 Å². The van der Waals surface area contributed by atoms with Gasteiger partial charge in [0, 0.05) is 16.9 Å². The summed E-state index contributed by atoms with van der Waals surface area (Å²) in [4.78, 5) is 13.2. The van der Waals surface area contributed by atoms with E-state index in [9.17, 15) is 4.79 Å². The standard InChI is InChI=1S/C19H15ClN4O2S/c1-12(20)11-27-19-22-21-18-23(13-6-5-7-14(10-13)26-2)17(25)15-8-3-4-9-16(15)24(18)19/h3-10H,1,11H2,2H3. The minimum absolute atomic E-state index is 0.169. The fourth-order valence-corrected chi connectivity index (χ4v) is 3.75. The Kier molecular flexibility index (Phi) is 4.63. The summed E-state index contributed by atoms with van der Waals surface area (Å²) in [5, 5.41) is 10.3. The molecule has 0 N–H and O–H groups in total. The molecule has 2 aromatic heterocycles. The van der Waals surface area contributed by atoms with Crippen molar-refractivity contribution in [3.8, 4) is 11.4 Å². The lowest BCUT2D eigenvalue weighted by atomic mass is 10.2. The first-order valence-corrected chi connectivity index (χ1v) is 9.46. The van der Waals surface area contributed by atoms with Gasteiger partial charge in [0.25, 0.3) is 5.56 Å². The lowest BCUT2D eigenvalue weighted by molar-refractivity contribution is 0.414. The second-order valence-electron chi connectivity index (χ2n) is 5.78. The maximum absolute atomic E-state index is 13.2. The zero-order valence-corrected chi connectivity index (χ0v) is 16.0. The van der Waals surface area contributed by atoms with Crippen molar-refractivity contribution in [2.45, 2.75) is 5.16 Å². The molecular formula is C19H15ClN4O2S. The normalized spacial score (nSPS) is 11.2. The molecule has 0 unspecified atom stereocenters. The predicted octanol–water partition coefficient (Wildman–Crippen LogP) is 3.89. The molecule has 0 fully saturated rings. The molecule has 0 aliphatic rings. The average molecular weight is 399 g/mol. The minimum Gasteiger partial charge on any atom is -0.497 e. The monoisotopic (exact) mass is 398 g/mol. The smallest absolute Gasteiger partial charge is 0.267 e. The van der Waals surface area contributed by atoms with E-state index in [0.29, 0.717) is 38.5 Å². The van der Waals surface area contributed by atoms with Crippen molar-refractivity contribution >= 4 is 40.0 Å². The topological polar surface area (TPSA) is 61.4 Å². The van der Waals surface area contributed by atoms with Gasteiger partial charge >= 0.3 is 0 Å². The van der Waals surface area contributed by atoms with E-state index >= 15 is 0 Å². The summed E-state index contributed by atoms with van der Waals surface area (Å²) >= 11 is 7.32. The van der Waals surface area contributed by atoms with Crippen molar-refractivity contribution in [2.75, 3.05) is 12.9 Å². The number of hydrogen-bond donors (Lipinski definition) is 0. The Morgan fingerprint density at radius 1 is 1.22 bits per heavy atom. The fourth-order valence-electron chi connectivity index (χ4n) is 2.90. The Morgan fingerprint density at radius 3 is 2.81 bits per heavy atom. The van der Waals surface area contributed by atoms with Gasteiger partial charge in [0.1, 0.15) is 5.75 Å². The van der Waals surface area contributed by atoms with Crippen molar-refractivity contribution in [3.63, 3.8) is 0 Å². The Morgan fingerprint density at radius 2 is 2.04 bits per heavy atom. The molecule has 4 rings (SSSR count). The summed E-state index contributed by atoms with van der Waals surface area (Å²) in [6, 6.07) is 14.7. The lowest BCUT2D eigenvalue weighted by Crippen LogP contribution is -2.21. The second kappa shape index (κ2) is 7.09. The molecule has 0 atom stereocenters. The van der Waals surface area contributed by atoms with Crippen LogP contribution in [0.15, 0.2) is 70.1 Å². The SMILES string of the molecule is C=C(Cl)CSc1nnc2n(-c3cccc(OC)c3)c(=O)c3ccccc3n12. The highest BCUT2D eigenvalue weighted by Crippen LogP contribution is 2.25. The van der Waals surface area contributed by atoms with Crippen LogP contribution < -0.4 is 10.3 Å². The van der Waals surface area contributed by atoms with Gasteiger partial charge in [0.05, 0.1) is 23.7 Å². The summed E-state index contributed by atoms with van der Waals surface area (Å²) in [6.07, 6.45) is 0. The number of thioether (sulfide) groups is 1. The molecule has 8 heteroatoms. The van der Waals surface area contributed by atoms with Crippen molar-refractivity contribution in [2.24, 2.45) is 0 Å². The quantitative estimate of drug-likeness (QED) is 0.477. The molecule has 0 aliphatic carbocycles. The third kappa shape index (κ3) is 3.09. The van der Waals surface area contributed by atoms with E-state index in [-0.39, 0.29) is 5.56 Å². The number of hydrogen-bond acceptors (Lipinski definition) is 5. The van der Waals surface area contributed by atoms with Gasteiger partial charge in [-0.1, -0.05) is 48.1 Å². The second-order valence-corrected chi connectivity index (χ2v) is 7.26. The number of halogens is 1. The highest BCUT2D eigenvalue weighted by atomic mass is 35.5.